The van der Waals surface area contributed by atoms with Crippen molar-refractivity contribution in [2.24, 2.45) is 5.92 Å². The van der Waals surface area contributed by atoms with Gasteiger partial charge in [0.2, 0.25) is 15.9 Å². The molecular formula is C23H27F2N3O5S. The van der Waals surface area contributed by atoms with Gasteiger partial charge >= 0.3 is 6.09 Å². The first-order valence-corrected chi connectivity index (χ1v) is 12.2. The second-order valence-corrected chi connectivity index (χ2v) is 10.1. The first-order valence-electron chi connectivity index (χ1n) is 10.8. The molecule has 3 rings (SSSR count). The third-order valence-electron chi connectivity index (χ3n) is 5.48. The maximum atomic E-state index is 14.0. The molecule has 0 aliphatic carbocycles. The number of ether oxygens (including phenoxy) is 1. The molecule has 2 amide bonds. The van der Waals surface area contributed by atoms with Gasteiger partial charge in [-0.05, 0) is 23.6 Å². The molecule has 0 saturated carbocycles. The van der Waals surface area contributed by atoms with Crippen LogP contribution in [0.3, 0.4) is 0 Å². The van der Waals surface area contributed by atoms with Crippen LogP contribution in [0.5, 0.6) is 0 Å². The number of nitrogens with zero attached hydrogens (tertiary/aromatic N) is 2. The zero-order valence-corrected chi connectivity index (χ0v) is 19.7. The Balaban J connectivity index is 1.59. The van der Waals surface area contributed by atoms with Gasteiger partial charge in [-0.1, -0.05) is 44.2 Å². The minimum Gasteiger partial charge on any atom is -0.445 e. The van der Waals surface area contributed by atoms with Crippen LogP contribution < -0.4 is 5.32 Å². The molecule has 11 heteroatoms. The predicted octanol–water partition coefficient (Wildman–Crippen LogP) is 2.75. The molecule has 34 heavy (non-hydrogen) atoms. The fraction of sp³-hybridized carbons (Fsp3) is 0.391. The molecule has 1 heterocycles. The summed E-state index contributed by atoms with van der Waals surface area (Å²) in [5.74, 6) is -2.65. The number of alkyl carbamates (subject to hydrolysis) is 1. The van der Waals surface area contributed by atoms with Crippen molar-refractivity contribution in [2.45, 2.75) is 31.4 Å². The van der Waals surface area contributed by atoms with Gasteiger partial charge in [0, 0.05) is 32.2 Å². The fourth-order valence-corrected chi connectivity index (χ4v) is 5.04. The van der Waals surface area contributed by atoms with E-state index in [9.17, 15) is 26.8 Å². The van der Waals surface area contributed by atoms with Crippen LogP contribution in [0.2, 0.25) is 0 Å². The largest absolute Gasteiger partial charge is 0.445 e. The first-order chi connectivity index (χ1) is 16.1. The smallest absolute Gasteiger partial charge is 0.408 e. The quantitative estimate of drug-likeness (QED) is 0.637. The maximum absolute atomic E-state index is 14.0. The lowest BCUT2D eigenvalue weighted by atomic mass is 10.0. The average molecular weight is 496 g/mol. The third-order valence-corrected chi connectivity index (χ3v) is 7.41. The van der Waals surface area contributed by atoms with Gasteiger partial charge in [-0.15, -0.1) is 0 Å². The van der Waals surface area contributed by atoms with E-state index in [1.54, 1.807) is 13.8 Å². The van der Waals surface area contributed by atoms with Gasteiger partial charge in [0.1, 0.15) is 29.2 Å². The zero-order valence-electron chi connectivity index (χ0n) is 18.9. The summed E-state index contributed by atoms with van der Waals surface area (Å²) < 4.78 is 59.0. The van der Waals surface area contributed by atoms with Crippen LogP contribution in [0.4, 0.5) is 13.6 Å². The third kappa shape index (κ3) is 6.09. The van der Waals surface area contributed by atoms with Gasteiger partial charge in [-0.25, -0.2) is 22.0 Å². The van der Waals surface area contributed by atoms with E-state index in [4.69, 9.17) is 4.74 Å². The summed E-state index contributed by atoms with van der Waals surface area (Å²) >= 11 is 0. The Morgan fingerprint density at radius 2 is 1.68 bits per heavy atom. The van der Waals surface area contributed by atoms with E-state index >= 15 is 0 Å². The second-order valence-electron chi connectivity index (χ2n) is 8.23. The van der Waals surface area contributed by atoms with E-state index in [1.165, 1.54) is 4.90 Å². The van der Waals surface area contributed by atoms with Crippen molar-refractivity contribution in [3.63, 3.8) is 0 Å². The molecule has 184 valence electrons. The molecule has 1 aliphatic heterocycles. The Morgan fingerprint density at radius 1 is 1.03 bits per heavy atom. The van der Waals surface area contributed by atoms with Gasteiger partial charge < -0.3 is 15.0 Å². The highest BCUT2D eigenvalue weighted by atomic mass is 32.2. The summed E-state index contributed by atoms with van der Waals surface area (Å²) in [6, 6.07) is 10.5. The number of nitrogens with one attached hydrogen (secondary N) is 1. The summed E-state index contributed by atoms with van der Waals surface area (Å²) in [5.41, 5.74) is 0.806. The van der Waals surface area contributed by atoms with Crippen molar-refractivity contribution in [2.75, 3.05) is 26.2 Å². The molecule has 8 nitrogen and oxygen atoms in total. The van der Waals surface area contributed by atoms with Crippen molar-refractivity contribution < 1.29 is 31.5 Å². The van der Waals surface area contributed by atoms with Crippen molar-refractivity contribution >= 4 is 22.0 Å². The fourth-order valence-electron chi connectivity index (χ4n) is 3.57. The Hall–Kier alpha value is -3.05. The van der Waals surface area contributed by atoms with Crippen molar-refractivity contribution in [3.8, 4) is 0 Å². The van der Waals surface area contributed by atoms with Crippen molar-refractivity contribution in [3.05, 3.63) is 65.7 Å². The number of halogens is 2. The molecule has 2 aromatic carbocycles. The van der Waals surface area contributed by atoms with E-state index in [1.807, 2.05) is 30.3 Å². The highest BCUT2D eigenvalue weighted by Crippen LogP contribution is 2.22. The number of carbonyl (C=O) groups excluding carboxylic acids is 2. The Kier molecular flexibility index (Phi) is 8.21. The molecule has 0 aromatic heterocycles. The number of hydrogen-bond donors (Lipinski definition) is 1. The highest BCUT2D eigenvalue weighted by molar-refractivity contribution is 7.89. The van der Waals surface area contributed by atoms with Crippen LogP contribution >= 0.6 is 0 Å². The number of piperazine rings is 1. The number of benzene rings is 2. The van der Waals surface area contributed by atoms with Crippen molar-refractivity contribution in [1.29, 1.82) is 0 Å². The zero-order chi connectivity index (χ0) is 24.9. The van der Waals surface area contributed by atoms with E-state index in [-0.39, 0.29) is 44.6 Å². The lowest BCUT2D eigenvalue weighted by molar-refractivity contribution is -0.135. The van der Waals surface area contributed by atoms with Gasteiger partial charge in [-0.3, -0.25) is 4.79 Å². The molecule has 0 spiro atoms. The monoisotopic (exact) mass is 495 g/mol. The van der Waals surface area contributed by atoms with E-state index < -0.39 is 38.7 Å². The molecule has 0 bridgehead atoms. The van der Waals surface area contributed by atoms with Gasteiger partial charge in [0.05, 0.1) is 0 Å². The summed E-state index contributed by atoms with van der Waals surface area (Å²) in [4.78, 5) is 26.2. The molecule has 0 radical (unpaired) electrons. The molecule has 0 unspecified atom stereocenters. The molecule has 2 aromatic rings. The van der Waals surface area contributed by atoms with Crippen LogP contribution in [-0.4, -0.2) is 61.8 Å². The lowest BCUT2D eigenvalue weighted by Gasteiger charge is -2.36. The lowest BCUT2D eigenvalue weighted by Crippen LogP contribution is -2.57. The standard InChI is InChI=1S/C23H27F2N3O5S/c1-16(2)21(26-23(30)33-15-17-6-4-3-5-7-17)22(29)27-10-12-28(13-11-27)34(31,32)20-9-8-18(24)14-19(20)25/h3-9,14,16,21H,10-13,15H2,1-2H3,(H,26,30)/t21-/m1/s1. The average Bonchev–Trinajstić information content (AvgIpc) is 2.81. The summed E-state index contributed by atoms with van der Waals surface area (Å²) in [7, 11) is -4.18. The summed E-state index contributed by atoms with van der Waals surface area (Å²) in [6.07, 6.45) is -0.732. The van der Waals surface area contributed by atoms with Crippen LogP contribution in [0, 0.1) is 17.6 Å². The van der Waals surface area contributed by atoms with E-state index in [2.05, 4.69) is 5.32 Å². The first kappa shape index (κ1) is 25.6. The van der Waals surface area contributed by atoms with E-state index in [0.29, 0.717) is 6.07 Å². The molecule has 1 fully saturated rings. The van der Waals surface area contributed by atoms with E-state index in [0.717, 1.165) is 22.0 Å². The van der Waals surface area contributed by atoms with Crippen LogP contribution in [0.1, 0.15) is 19.4 Å². The molecule has 1 atom stereocenters. The predicted molar refractivity (Wildman–Crippen MR) is 120 cm³/mol. The number of amides is 2. The maximum Gasteiger partial charge on any atom is 0.408 e. The van der Waals surface area contributed by atoms with Gasteiger partial charge in [0.25, 0.3) is 0 Å². The Labute approximate surface area is 197 Å². The Bertz CT molecular complexity index is 1120. The molecule has 1 N–H and O–H groups in total. The number of hydrogen-bond acceptors (Lipinski definition) is 5. The minimum atomic E-state index is -4.18. The molecular weight excluding hydrogens is 468 g/mol. The normalized spacial score (nSPS) is 15.7. The Morgan fingerprint density at radius 3 is 2.26 bits per heavy atom. The highest BCUT2D eigenvalue weighted by Gasteiger charge is 2.35. The summed E-state index contributed by atoms with van der Waals surface area (Å²) in [6.45, 7) is 3.61. The number of carbonyl (C=O) groups is 2. The topological polar surface area (TPSA) is 96.0 Å². The van der Waals surface area contributed by atoms with Crippen molar-refractivity contribution in [1.82, 2.24) is 14.5 Å². The number of rotatable bonds is 7. The minimum absolute atomic E-state index is 0.0577. The SMILES string of the molecule is CC(C)[C@@H](NC(=O)OCc1ccccc1)C(=O)N1CCN(S(=O)(=O)c2ccc(F)cc2F)CC1. The van der Waals surface area contributed by atoms with Crippen LogP contribution in [0.25, 0.3) is 0 Å². The van der Waals surface area contributed by atoms with Crippen LogP contribution in [-0.2, 0) is 26.2 Å². The summed E-state index contributed by atoms with van der Waals surface area (Å²) in [5, 5.41) is 2.59. The van der Waals surface area contributed by atoms with Gasteiger partial charge in [-0.2, -0.15) is 4.31 Å². The molecule has 1 aliphatic rings. The molecule has 1 saturated heterocycles. The van der Waals surface area contributed by atoms with Crippen LogP contribution in [0.15, 0.2) is 53.4 Å². The number of sulfonamides is 1. The second kappa shape index (κ2) is 10.9. The van der Waals surface area contributed by atoms with Gasteiger partial charge in [0.15, 0.2) is 0 Å².